The number of ether oxygens (including phenoxy) is 3. The zero-order chi connectivity index (χ0) is 25.8. The van der Waals surface area contributed by atoms with Crippen molar-refractivity contribution in [3.63, 3.8) is 0 Å². The molecule has 0 saturated heterocycles. The molecule has 2 rings (SSSR count). The van der Waals surface area contributed by atoms with Gasteiger partial charge in [-0.1, -0.05) is 24.6 Å². The van der Waals surface area contributed by atoms with Gasteiger partial charge in [-0.15, -0.1) is 0 Å². The van der Waals surface area contributed by atoms with Crippen molar-refractivity contribution in [2.75, 3.05) is 20.6 Å². The highest BCUT2D eigenvalue weighted by molar-refractivity contribution is 5.42. The Morgan fingerprint density at radius 1 is 1.12 bits per heavy atom. The molecule has 136 valence electrons. The Bertz CT molecular complexity index is 956. The minimum absolute atomic E-state index is 0.205. The smallest absolute Gasteiger partial charge is 0.160 e. The summed E-state index contributed by atoms with van der Waals surface area (Å²) in [5.41, 5.74) is 1.46. The number of aliphatic hydroxyl groups is 1. The number of hydrogen-bond donors (Lipinski definition) is 1. The second-order valence-electron chi connectivity index (χ2n) is 5.66. The average Bonchev–Trinajstić information content (AvgIpc) is 2.64. The number of rotatable bonds is 10. The monoisotopic (exact) mass is 353 g/mol. The summed E-state index contributed by atoms with van der Waals surface area (Å²) in [6, 6.07) is 10.9. The van der Waals surface area contributed by atoms with Gasteiger partial charge in [0.25, 0.3) is 0 Å². The quantitative estimate of drug-likeness (QED) is 0.652. The van der Waals surface area contributed by atoms with Gasteiger partial charge in [-0.25, -0.2) is 0 Å². The molecule has 0 aliphatic carbocycles. The predicted molar refractivity (Wildman–Crippen MR) is 99.8 cm³/mol. The Morgan fingerprint density at radius 3 is 2.76 bits per heavy atom. The van der Waals surface area contributed by atoms with E-state index in [1.807, 2.05) is 13.0 Å². The molecule has 4 nitrogen and oxygen atoms in total. The zero-order valence-electron chi connectivity index (χ0n) is 23.0. The van der Waals surface area contributed by atoms with Gasteiger partial charge >= 0.3 is 0 Å². The molecule has 4 heteroatoms. The Labute approximate surface area is 163 Å². The molecule has 0 bridgehead atoms. The SMILES string of the molecule is [2H]C([2H])([2H])Oc1ccc(CCCCC([2H])(O)C([2H])([2H])Oc2cccc(C)c2)cc1OC([2H])([2H])[2H]. The summed E-state index contributed by atoms with van der Waals surface area (Å²) in [7, 11) is -5.59. The van der Waals surface area contributed by atoms with Crippen molar-refractivity contribution in [2.24, 2.45) is 0 Å². The van der Waals surface area contributed by atoms with Gasteiger partial charge in [-0.05, 0) is 61.6 Å². The summed E-state index contributed by atoms with van der Waals surface area (Å²) in [4.78, 5) is 0. The van der Waals surface area contributed by atoms with E-state index in [0.717, 1.165) is 5.56 Å². The summed E-state index contributed by atoms with van der Waals surface area (Å²) >= 11 is 0. The van der Waals surface area contributed by atoms with Crippen LogP contribution in [0.2, 0.25) is 0 Å². The number of methoxy groups -OCH3 is 2. The number of benzene rings is 2. The first kappa shape index (κ1) is 10.1. The normalized spacial score (nSPS) is 20.0. The van der Waals surface area contributed by atoms with Crippen LogP contribution in [0.4, 0.5) is 0 Å². The molecule has 0 aliphatic rings. The summed E-state index contributed by atoms with van der Waals surface area (Å²) < 4.78 is 82.5. The summed E-state index contributed by atoms with van der Waals surface area (Å²) in [6.07, 6.45) is -1.66. The van der Waals surface area contributed by atoms with E-state index in [1.54, 1.807) is 24.3 Å². The van der Waals surface area contributed by atoms with Crippen LogP contribution in [0.1, 0.15) is 42.7 Å². The second kappa shape index (κ2) is 9.94. The fraction of sp³-hybridized carbons (Fsp3) is 0.429. The molecular formula is C21H28O4. The maximum Gasteiger partial charge on any atom is 0.160 e. The highest BCUT2D eigenvalue weighted by atomic mass is 16.5. The van der Waals surface area contributed by atoms with Crippen LogP contribution in [0.25, 0.3) is 0 Å². The molecule has 0 heterocycles. The molecule has 0 fully saturated rings. The lowest BCUT2D eigenvalue weighted by molar-refractivity contribution is 0.0976. The third-order valence-electron chi connectivity index (χ3n) is 3.63. The van der Waals surface area contributed by atoms with Gasteiger partial charge in [-0.3, -0.25) is 0 Å². The fourth-order valence-electron chi connectivity index (χ4n) is 2.34. The van der Waals surface area contributed by atoms with Gasteiger partial charge in [0, 0.05) is 0 Å². The summed E-state index contributed by atoms with van der Waals surface area (Å²) in [5, 5.41) is 10.4. The number of hydrogen-bond acceptors (Lipinski definition) is 4. The number of unbranched alkanes of at least 4 members (excludes halogenated alkanes) is 1. The first-order valence-corrected chi connectivity index (χ1v) is 7.96. The first-order chi connectivity index (χ1) is 15.5. The van der Waals surface area contributed by atoms with Crippen LogP contribution in [0.15, 0.2) is 42.5 Å². The van der Waals surface area contributed by atoms with Crippen LogP contribution < -0.4 is 14.2 Å². The van der Waals surface area contributed by atoms with Gasteiger partial charge < -0.3 is 19.3 Å². The molecule has 0 aliphatic heterocycles. The Hall–Kier alpha value is -2.20. The van der Waals surface area contributed by atoms with Gasteiger partial charge in [-0.2, -0.15) is 0 Å². The molecule has 0 amide bonds. The molecule has 1 N–H and O–H groups in total. The Morgan fingerprint density at radius 2 is 1.96 bits per heavy atom. The van der Waals surface area contributed by atoms with Crippen LogP contribution in [0, 0.1) is 6.92 Å². The van der Waals surface area contributed by atoms with Crippen molar-refractivity contribution >= 4 is 0 Å². The van der Waals surface area contributed by atoms with E-state index in [0.29, 0.717) is 18.4 Å². The van der Waals surface area contributed by atoms with Gasteiger partial charge in [0.15, 0.2) is 11.5 Å². The van der Waals surface area contributed by atoms with Crippen LogP contribution in [-0.2, 0) is 6.42 Å². The third kappa shape index (κ3) is 6.31. The van der Waals surface area contributed by atoms with E-state index in [1.165, 1.54) is 12.1 Å². The van der Waals surface area contributed by atoms with E-state index in [9.17, 15) is 5.11 Å². The lowest BCUT2D eigenvalue weighted by Crippen LogP contribution is -2.17. The van der Waals surface area contributed by atoms with Crippen molar-refractivity contribution in [1.29, 1.82) is 0 Å². The lowest BCUT2D eigenvalue weighted by atomic mass is 10.0. The van der Waals surface area contributed by atoms with Gasteiger partial charge in [0.1, 0.15) is 12.3 Å². The van der Waals surface area contributed by atoms with Crippen LogP contribution in [0.5, 0.6) is 17.2 Å². The van der Waals surface area contributed by atoms with Crippen molar-refractivity contribution < 1.29 is 31.7 Å². The van der Waals surface area contributed by atoms with Crippen LogP contribution in [-0.4, -0.2) is 31.8 Å². The summed E-state index contributed by atoms with van der Waals surface area (Å²) in [5.74, 6) is -0.271. The zero-order valence-corrected chi connectivity index (χ0v) is 14.0. The van der Waals surface area contributed by atoms with Gasteiger partial charge in [0.05, 0.1) is 32.5 Å². The highest BCUT2D eigenvalue weighted by Gasteiger charge is 2.07. The fourth-order valence-corrected chi connectivity index (χ4v) is 2.34. The molecule has 1 unspecified atom stereocenters. The maximum absolute atomic E-state index is 10.4. The average molecular weight is 354 g/mol. The van der Waals surface area contributed by atoms with E-state index in [4.69, 9.17) is 26.5 Å². The van der Waals surface area contributed by atoms with E-state index < -0.39 is 26.7 Å². The third-order valence-corrected chi connectivity index (χ3v) is 3.63. The van der Waals surface area contributed by atoms with Crippen molar-refractivity contribution in [1.82, 2.24) is 0 Å². The molecule has 2 aromatic rings. The van der Waals surface area contributed by atoms with E-state index >= 15 is 0 Å². The van der Waals surface area contributed by atoms with Crippen LogP contribution >= 0.6 is 0 Å². The Balaban J connectivity index is 2.00. The van der Waals surface area contributed by atoms with E-state index in [2.05, 4.69) is 0 Å². The largest absolute Gasteiger partial charge is 0.493 e. The molecule has 0 aromatic heterocycles. The predicted octanol–water partition coefficient (Wildman–Crippen LogP) is 4.16. The second-order valence-corrected chi connectivity index (χ2v) is 5.66. The molecule has 0 radical (unpaired) electrons. The minimum Gasteiger partial charge on any atom is -0.493 e. The number of aryl methyl sites for hydroxylation is 2. The summed E-state index contributed by atoms with van der Waals surface area (Å²) in [6.45, 7) is -0.846. The van der Waals surface area contributed by atoms with Crippen molar-refractivity contribution in [3.05, 3.63) is 53.6 Å². The molecular weight excluding hydrogens is 316 g/mol. The van der Waals surface area contributed by atoms with E-state index in [-0.39, 0.29) is 30.1 Å². The topological polar surface area (TPSA) is 47.9 Å². The Kier molecular flexibility index (Phi) is 4.01. The lowest BCUT2D eigenvalue weighted by Gasteiger charge is -2.13. The first-order valence-electron chi connectivity index (χ1n) is 12.5. The molecule has 0 saturated carbocycles. The molecule has 25 heavy (non-hydrogen) atoms. The minimum atomic E-state index is -2.81. The standard InChI is InChI=1S/C21H28O4/c1-16-7-6-10-19(13-16)25-15-18(22)9-5-4-8-17-11-12-20(23-2)21(14-17)24-3/h6-7,10-14,18,22H,4-5,8-9,15H2,1-3H3/i2D3,3D3,15D2,18D. The molecule has 1 atom stereocenters. The van der Waals surface area contributed by atoms with Crippen molar-refractivity contribution in [3.8, 4) is 17.2 Å². The maximum atomic E-state index is 10.4. The highest BCUT2D eigenvalue weighted by Crippen LogP contribution is 2.28. The molecule has 2 aromatic carbocycles. The van der Waals surface area contributed by atoms with Gasteiger partial charge in [0.2, 0.25) is 0 Å². The van der Waals surface area contributed by atoms with Crippen molar-refractivity contribution in [2.45, 2.75) is 38.7 Å². The van der Waals surface area contributed by atoms with Crippen LogP contribution in [0.3, 0.4) is 0 Å². The molecule has 0 spiro atoms.